The van der Waals surface area contributed by atoms with Gasteiger partial charge in [0, 0.05) is 17.6 Å². The highest BCUT2D eigenvalue weighted by Gasteiger charge is 2.15. The van der Waals surface area contributed by atoms with Crippen LogP contribution in [0.5, 0.6) is 0 Å². The first kappa shape index (κ1) is 15.1. The summed E-state index contributed by atoms with van der Waals surface area (Å²) in [5, 5.41) is 8.63. The Labute approximate surface area is 125 Å². The molecule has 0 unspecified atom stereocenters. The van der Waals surface area contributed by atoms with Gasteiger partial charge in [-0.2, -0.15) is 5.10 Å². The van der Waals surface area contributed by atoms with Gasteiger partial charge < -0.3 is 9.73 Å². The van der Waals surface area contributed by atoms with Crippen molar-refractivity contribution in [2.45, 2.75) is 53.2 Å². The number of hydrogen-bond acceptors (Lipinski definition) is 3. The molecule has 0 fully saturated rings. The lowest BCUT2D eigenvalue weighted by atomic mass is 10.1. The smallest absolute Gasteiger partial charge is 0.129 e. The first-order chi connectivity index (χ1) is 9.28. The molecule has 0 saturated heterocycles. The number of aromatic nitrogens is 2. The SMILES string of the molecule is Cc1nn(Cc2occc2CNC(C)(C)C)c(C)c1Cl. The van der Waals surface area contributed by atoms with Crippen molar-refractivity contribution in [3.63, 3.8) is 0 Å². The van der Waals surface area contributed by atoms with Gasteiger partial charge in [0.2, 0.25) is 0 Å². The van der Waals surface area contributed by atoms with Crippen molar-refractivity contribution in [1.29, 1.82) is 0 Å². The number of aryl methyl sites for hydroxylation is 1. The monoisotopic (exact) mass is 295 g/mol. The third kappa shape index (κ3) is 3.44. The predicted molar refractivity (Wildman–Crippen MR) is 81.1 cm³/mol. The van der Waals surface area contributed by atoms with Crippen LogP contribution in [-0.4, -0.2) is 15.3 Å². The second-order valence-corrected chi connectivity index (χ2v) is 6.49. The second kappa shape index (κ2) is 5.62. The van der Waals surface area contributed by atoms with Crippen LogP contribution in [0, 0.1) is 13.8 Å². The first-order valence-corrected chi connectivity index (χ1v) is 7.15. The van der Waals surface area contributed by atoms with Gasteiger partial charge in [-0.05, 0) is 40.7 Å². The summed E-state index contributed by atoms with van der Waals surface area (Å²) in [7, 11) is 0. The van der Waals surface area contributed by atoms with Crippen LogP contribution < -0.4 is 5.32 Å². The Bertz CT molecular complexity index is 593. The van der Waals surface area contributed by atoms with Crippen molar-refractivity contribution in [2.75, 3.05) is 0 Å². The predicted octanol–water partition coefficient (Wildman–Crippen LogP) is 3.68. The van der Waals surface area contributed by atoms with Crippen LogP contribution in [0.1, 0.15) is 43.5 Å². The second-order valence-electron chi connectivity index (χ2n) is 6.12. The summed E-state index contributed by atoms with van der Waals surface area (Å²) in [6.45, 7) is 11.7. The van der Waals surface area contributed by atoms with Crippen LogP contribution in [0.2, 0.25) is 5.02 Å². The Balaban J connectivity index is 2.14. The summed E-state index contributed by atoms with van der Waals surface area (Å²) in [4.78, 5) is 0. The largest absolute Gasteiger partial charge is 0.467 e. The Hall–Kier alpha value is -1.26. The summed E-state index contributed by atoms with van der Waals surface area (Å²) in [5.41, 5.74) is 3.06. The first-order valence-electron chi connectivity index (χ1n) is 6.77. The fraction of sp³-hybridized carbons (Fsp3) is 0.533. The van der Waals surface area contributed by atoms with Crippen LogP contribution >= 0.6 is 11.6 Å². The lowest BCUT2D eigenvalue weighted by molar-refractivity contribution is 0.415. The van der Waals surface area contributed by atoms with E-state index in [0.717, 1.165) is 34.3 Å². The molecule has 0 aliphatic heterocycles. The zero-order valence-electron chi connectivity index (χ0n) is 12.7. The molecular weight excluding hydrogens is 274 g/mol. The Morgan fingerprint density at radius 3 is 2.60 bits per heavy atom. The van der Waals surface area contributed by atoms with Gasteiger partial charge in [0.25, 0.3) is 0 Å². The van der Waals surface area contributed by atoms with Gasteiger partial charge in [-0.1, -0.05) is 11.6 Å². The van der Waals surface area contributed by atoms with Gasteiger partial charge in [-0.15, -0.1) is 0 Å². The van der Waals surface area contributed by atoms with Crippen LogP contribution in [0.3, 0.4) is 0 Å². The highest BCUT2D eigenvalue weighted by Crippen LogP contribution is 2.21. The maximum Gasteiger partial charge on any atom is 0.129 e. The lowest BCUT2D eigenvalue weighted by Crippen LogP contribution is -2.35. The van der Waals surface area contributed by atoms with Gasteiger partial charge in [-0.3, -0.25) is 4.68 Å². The molecule has 1 N–H and O–H groups in total. The number of furan rings is 1. The van der Waals surface area contributed by atoms with Crippen molar-refractivity contribution in [3.05, 3.63) is 40.1 Å². The average molecular weight is 296 g/mol. The zero-order chi connectivity index (χ0) is 14.9. The van der Waals surface area contributed by atoms with Gasteiger partial charge in [0.1, 0.15) is 5.76 Å². The van der Waals surface area contributed by atoms with Gasteiger partial charge >= 0.3 is 0 Å². The molecule has 2 rings (SSSR count). The molecule has 0 radical (unpaired) electrons. The van der Waals surface area contributed by atoms with E-state index in [1.165, 1.54) is 0 Å². The molecule has 110 valence electrons. The number of halogens is 1. The van der Waals surface area contributed by atoms with E-state index in [4.69, 9.17) is 16.0 Å². The van der Waals surface area contributed by atoms with E-state index in [-0.39, 0.29) is 5.54 Å². The molecule has 4 nitrogen and oxygen atoms in total. The fourth-order valence-electron chi connectivity index (χ4n) is 1.99. The fourth-order valence-corrected chi connectivity index (χ4v) is 2.12. The summed E-state index contributed by atoms with van der Waals surface area (Å²) in [6, 6.07) is 2.00. The Morgan fingerprint density at radius 2 is 2.05 bits per heavy atom. The van der Waals surface area contributed by atoms with Crippen molar-refractivity contribution in [2.24, 2.45) is 0 Å². The average Bonchev–Trinajstić information content (AvgIpc) is 2.88. The summed E-state index contributed by atoms with van der Waals surface area (Å²) in [5.74, 6) is 0.920. The standard InChI is InChI=1S/C15H22ClN3O/c1-10-14(16)11(2)19(18-10)9-13-12(6-7-20-13)8-17-15(3,4)5/h6-7,17H,8-9H2,1-5H3. The molecule has 2 heterocycles. The number of nitrogens with one attached hydrogen (secondary N) is 1. The van der Waals surface area contributed by atoms with Gasteiger partial charge in [-0.25, -0.2) is 0 Å². The molecular formula is C15H22ClN3O. The van der Waals surface area contributed by atoms with Crippen molar-refractivity contribution >= 4 is 11.6 Å². The maximum atomic E-state index is 6.17. The van der Waals surface area contributed by atoms with E-state index in [9.17, 15) is 0 Å². The van der Waals surface area contributed by atoms with Gasteiger partial charge in [0.15, 0.2) is 0 Å². The van der Waals surface area contributed by atoms with Crippen molar-refractivity contribution in [3.8, 4) is 0 Å². The van der Waals surface area contributed by atoms with Crippen LogP contribution in [-0.2, 0) is 13.1 Å². The summed E-state index contributed by atoms with van der Waals surface area (Å²) in [6.07, 6.45) is 1.72. The van der Waals surface area contributed by atoms with Crippen molar-refractivity contribution < 1.29 is 4.42 Å². The van der Waals surface area contributed by atoms with E-state index in [1.807, 2.05) is 24.6 Å². The Kier molecular flexibility index (Phi) is 4.25. The molecule has 0 aliphatic rings. The van der Waals surface area contributed by atoms with Crippen LogP contribution in [0.15, 0.2) is 16.7 Å². The quantitative estimate of drug-likeness (QED) is 0.935. The lowest BCUT2D eigenvalue weighted by Gasteiger charge is -2.20. The molecule has 0 atom stereocenters. The normalized spacial score (nSPS) is 12.1. The highest BCUT2D eigenvalue weighted by molar-refractivity contribution is 6.31. The topological polar surface area (TPSA) is 43.0 Å². The van der Waals surface area contributed by atoms with E-state index in [1.54, 1.807) is 6.26 Å². The molecule has 20 heavy (non-hydrogen) atoms. The minimum absolute atomic E-state index is 0.0794. The maximum absolute atomic E-state index is 6.17. The molecule has 2 aromatic heterocycles. The van der Waals surface area contributed by atoms with E-state index >= 15 is 0 Å². The van der Waals surface area contributed by atoms with Crippen molar-refractivity contribution in [1.82, 2.24) is 15.1 Å². The molecule has 0 spiro atoms. The third-order valence-corrected chi connectivity index (χ3v) is 3.78. The number of nitrogens with zero attached hydrogens (tertiary/aromatic N) is 2. The molecule has 0 aromatic carbocycles. The molecule has 0 aliphatic carbocycles. The minimum atomic E-state index is 0.0794. The van der Waals surface area contributed by atoms with E-state index in [2.05, 4.69) is 31.2 Å². The van der Waals surface area contributed by atoms with E-state index in [0.29, 0.717) is 6.54 Å². The van der Waals surface area contributed by atoms with Crippen LogP contribution in [0.25, 0.3) is 0 Å². The molecule has 0 amide bonds. The highest BCUT2D eigenvalue weighted by atomic mass is 35.5. The Morgan fingerprint density at radius 1 is 1.35 bits per heavy atom. The molecule has 0 bridgehead atoms. The number of rotatable bonds is 4. The van der Waals surface area contributed by atoms with Crippen LogP contribution in [0.4, 0.5) is 0 Å². The number of hydrogen-bond donors (Lipinski definition) is 1. The molecule has 5 heteroatoms. The van der Waals surface area contributed by atoms with E-state index < -0.39 is 0 Å². The summed E-state index contributed by atoms with van der Waals surface area (Å²) >= 11 is 6.17. The molecule has 0 saturated carbocycles. The third-order valence-electron chi connectivity index (χ3n) is 3.23. The molecule has 2 aromatic rings. The summed E-state index contributed by atoms with van der Waals surface area (Å²) < 4.78 is 7.48. The zero-order valence-corrected chi connectivity index (χ0v) is 13.5. The minimum Gasteiger partial charge on any atom is -0.467 e. The van der Waals surface area contributed by atoms with Gasteiger partial charge in [0.05, 0.1) is 29.2 Å².